The molecule has 3 heterocycles. The Labute approximate surface area is 265 Å². The van der Waals surface area contributed by atoms with Crippen molar-refractivity contribution in [1.82, 2.24) is 14.5 Å². The van der Waals surface area contributed by atoms with Gasteiger partial charge in [-0.1, -0.05) is 115 Å². The summed E-state index contributed by atoms with van der Waals surface area (Å²) in [4.78, 5) is 10.1. The van der Waals surface area contributed by atoms with Crippen LogP contribution in [0.3, 0.4) is 0 Å². The molecule has 9 rings (SSSR count). The molecule has 9 aromatic rings. The molecule has 46 heavy (non-hydrogen) atoms. The van der Waals surface area contributed by atoms with E-state index < -0.39 is 0 Å². The number of fused-ring (bicyclic) bond motifs is 4. The maximum absolute atomic E-state index is 6.46. The van der Waals surface area contributed by atoms with E-state index in [1.54, 1.807) is 0 Å². The Kier molecular flexibility index (Phi) is 6.10. The molecule has 0 aliphatic carbocycles. The van der Waals surface area contributed by atoms with Crippen molar-refractivity contribution < 1.29 is 4.42 Å². The molecule has 0 saturated carbocycles. The first kappa shape index (κ1) is 26.2. The molecule has 3 aromatic heterocycles. The van der Waals surface area contributed by atoms with Crippen LogP contribution in [0.1, 0.15) is 0 Å². The topological polar surface area (TPSA) is 43.9 Å². The Bertz CT molecular complexity index is 2380. The lowest BCUT2D eigenvalue weighted by atomic mass is 9.97. The zero-order chi connectivity index (χ0) is 30.5. The third-order valence-corrected chi connectivity index (χ3v) is 8.64. The maximum Gasteiger partial charge on any atom is 0.229 e. The van der Waals surface area contributed by atoms with Crippen LogP contribution in [-0.4, -0.2) is 14.5 Å². The van der Waals surface area contributed by atoms with Gasteiger partial charge in [0, 0.05) is 21.9 Å². The van der Waals surface area contributed by atoms with Gasteiger partial charge in [-0.25, -0.2) is 9.97 Å². The van der Waals surface area contributed by atoms with Crippen LogP contribution in [0.4, 0.5) is 0 Å². The number of para-hydroxylation sites is 4. The average Bonchev–Trinajstić information content (AvgIpc) is 3.72. The number of rotatable bonds is 5. The third-order valence-electron chi connectivity index (χ3n) is 8.64. The molecule has 0 fully saturated rings. The van der Waals surface area contributed by atoms with Gasteiger partial charge in [0.15, 0.2) is 5.58 Å². The second kappa shape index (κ2) is 10.7. The van der Waals surface area contributed by atoms with Gasteiger partial charge in [-0.3, -0.25) is 0 Å². The number of nitrogens with zero attached hydrogens (tertiary/aromatic N) is 3. The summed E-state index contributed by atoms with van der Waals surface area (Å²) in [6, 6.07) is 56.7. The Balaban J connectivity index is 1.32. The molecule has 0 spiro atoms. The lowest BCUT2D eigenvalue weighted by Crippen LogP contribution is -1.98. The van der Waals surface area contributed by atoms with E-state index in [0.29, 0.717) is 5.89 Å². The van der Waals surface area contributed by atoms with Crippen molar-refractivity contribution in [2.75, 3.05) is 0 Å². The van der Waals surface area contributed by atoms with Crippen LogP contribution in [-0.2, 0) is 0 Å². The van der Waals surface area contributed by atoms with Crippen molar-refractivity contribution in [3.63, 3.8) is 0 Å². The van der Waals surface area contributed by atoms with Gasteiger partial charge < -0.3 is 8.98 Å². The van der Waals surface area contributed by atoms with Crippen molar-refractivity contribution >= 4 is 32.9 Å². The first-order valence-electron chi connectivity index (χ1n) is 15.4. The molecule has 0 atom stereocenters. The number of pyridine rings is 1. The standard InChI is InChI=1S/C42H27N3O/c1-3-13-28(14-4-1)36-26-31(27-37(43-36)29-15-5-2-6-16-29)30-23-24-40(34(25-30)42-44-35-19-9-12-22-41(35)46-42)45-38-20-10-7-17-32(38)33-18-8-11-21-39(33)45/h1-27H. The minimum atomic E-state index is 0.584. The molecule has 0 aliphatic rings. The molecule has 0 N–H and O–H groups in total. The fourth-order valence-electron chi connectivity index (χ4n) is 6.46. The summed E-state index contributed by atoms with van der Waals surface area (Å²) in [6.45, 7) is 0. The van der Waals surface area contributed by atoms with Gasteiger partial charge in [0.2, 0.25) is 5.89 Å². The van der Waals surface area contributed by atoms with E-state index in [9.17, 15) is 0 Å². The van der Waals surface area contributed by atoms with Gasteiger partial charge in [-0.05, 0) is 59.7 Å². The zero-order valence-corrected chi connectivity index (χ0v) is 24.8. The van der Waals surface area contributed by atoms with Gasteiger partial charge in [0.05, 0.1) is 33.7 Å². The summed E-state index contributed by atoms with van der Waals surface area (Å²) in [6.07, 6.45) is 0. The predicted octanol–water partition coefficient (Wildman–Crippen LogP) is 11.0. The fraction of sp³-hybridized carbons (Fsp3) is 0. The minimum Gasteiger partial charge on any atom is -0.436 e. The summed E-state index contributed by atoms with van der Waals surface area (Å²) >= 11 is 0. The molecular weight excluding hydrogens is 562 g/mol. The molecule has 4 nitrogen and oxygen atoms in total. The monoisotopic (exact) mass is 589 g/mol. The summed E-state index contributed by atoms with van der Waals surface area (Å²) < 4.78 is 8.79. The highest BCUT2D eigenvalue weighted by molar-refractivity contribution is 6.09. The van der Waals surface area contributed by atoms with Crippen molar-refractivity contribution in [2.45, 2.75) is 0 Å². The summed E-state index contributed by atoms with van der Waals surface area (Å²) in [5.74, 6) is 0.584. The highest BCUT2D eigenvalue weighted by Gasteiger charge is 2.20. The van der Waals surface area contributed by atoms with Crippen LogP contribution in [0.25, 0.3) is 83.7 Å². The SMILES string of the molecule is c1ccc(-c2cc(-c3ccc(-n4c5ccccc5c5ccccc54)c(-c4nc5ccccc5o4)c3)cc(-c3ccccc3)n2)cc1. The smallest absolute Gasteiger partial charge is 0.229 e. The van der Waals surface area contributed by atoms with E-state index in [-0.39, 0.29) is 0 Å². The minimum absolute atomic E-state index is 0.584. The van der Waals surface area contributed by atoms with Crippen LogP contribution in [0, 0.1) is 0 Å². The van der Waals surface area contributed by atoms with E-state index in [4.69, 9.17) is 14.4 Å². The normalized spacial score (nSPS) is 11.5. The first-order chi connectivity index (χ1) is 22.8. The van der Waals surface area contributed by atoms with Crippen molar-refractivity contribution in [3.05, 3.63) is 164 Å². The van der Waals surface area contributed by atoms with Crippen LogP contribution in [0.5, 0.6) is 0 Å². The van der Waals surface area contributed by atoms with E-state index in [0.717, 1.165) is 67.0 Å². The first-order valence-corrected chi connectivity index (χ1v) is 15.4. The quantitative estimate of drug-likeness (QED) is 0.201. The van der Waals surface area contributed by atoms with Gasteiger partial charge in [-0.2, -0.15) is 0 Å². The van der Waals surface area contributed by atoms with Gasteiger partial charge >= 0.3 is 0 Å². The zero-order valence-electron chi connectivity index (χ0n) is 24.8. The number of aromatic nitrogens is 3. The van der Waals surface area contributed by atoms with E-state index in [1.807, 2.05) is 36.4 Å². The predicted molar refractivity (Wildman–Crippen MR) is 188 cm³/mol. The van der Waals surface area contributed by atoms with Crippen LogP contribution in [0.2, 0.25) is 0 Å². The number of oxazole rings is 1. The van der Waals surface area contributed by atoms with Crippen LogP contribution in [0.15, 0.2) is 168 Å². The molecule has 0 aliphatic heterocycles. The van der Waals surface area contributed by atoms with E-state index in [1.165, 1.54) is 10.8 Å². The number of hydrogen-bond donors (Lipinski definition) is 0. The van der Waals surface area contributed by atoms with Crippen molar-refractivity contribution in [2.24, 2.45) is 0 Å². The van der Waals surface area contributed by atoms with Crippen molar-refractivity contribution in [1.29, 1.82) is 0 Å². The average molecular weight is 590 g/mol. The molecule has 0 radical (unpaired) electrons. The van der Waals surface area contributed by atoms with Crippen LogP contribution < -0.4 is 0 Å². The molecule has 0 saturated heterocycles. The Morgan fingerprint density at radius 3 is 1.63 bits per heavy atom. The highest BCUT2D eigenvalue weighted by atomic mass is 16.3. The second-order valence-corrected chi connectivity index (χ2v) is 11.4. The molecule has 216 valence electrons. The maximum atomic E-state index is 6.46. The fourth-order valence-corrected chi connectivity index (χ4v) is 6.46. The summed E-state index contributed by atoms with van der Waals surface area (Å²) in [5, 5.41) is 2.42. The highest BCUT2D eigenvalue weighted by Crippen LogP contribution is 2.39. The number of hydrogen-bond acceptors (Lipinski definition) is 3. The Morgan fingerprint density at radius 1 is 0.435 bits per heavy atom. The van der Waals surface area contributed by atoms with Gasteiger partial charge in [0.1, 0.15) is 5.52 Å². The van der Waals surface area contributed by atoms with E-state index >= 15 is 0 Å². The lowest BCUT2D eigenvalue weighted by Gasteiger charge is -2.15. The Morgan fingerprint density at radius 2 is 1.00 bits per heavy atom. The number of benzene rings is 6. The van der Waals surface area contributed by atoms with E-state index in [2.05, 4.69) is 132 Å². The van der Waals surface area contributed by atoms with Gasteiger partial charge in [-0.15, -0.1) is 0 Å². The molecule has 6 aromatic carbocycles. The molecule has 0 amide bonds. The molecule has 0 bridgehead atoms. The summed E-state index contributed by atoms with van der Waals surface area (Å²) in [7, 11) is 0. The largest absolute Gasteiger partial charge is 0.436 e. The van der Waals surface area contributed by atoms with Gasteiger partial charge in [0.25, 0.3) is 0 Å². The molecule has 4 heteroatoms. The second-order valence-electron chi connectivity index (χ2n) is 11.4. The Hall–Kier alpha value is -6.26. The lowest BCUT2D eigenvalue weighted by molar-refractivity contribution is 0.619. The molecular formula is C42H27N3O. The van der Waals surface area contributed by atoms with Crippen LogP contribution >= 0.6 is 0 Å². The third kappa shape index (κ3) is 4.39. The summed E-state index contributed by atoms with van der Waals surface area (Å²) in [5.41, 5.74) is 11.9. The molecule has 0 unspecified atom stereocenters. The van der Waals surface area contributed by atoms with Crippen molar-refractivity contribution in [3.8, 4) is 50.8 Å².